The summed E-state index contributed by atoms with van der Waals surface area (Å²) in [7, 11) is 0. The maximum Gasteiger partial charge on any atom is 0.161 e. The van der Waals surface area contributed by atoms with E-state index >= 15 is 0 Å². The van der Waals surface area contributed by atoms with Crippen molar-refractivity contribution in [3.63, 3.8) is 0 Å². The van der Waals surface area contributed by atoms with E-state index in [1.807, 2.05) is 24.3 Å². The van der Waals surface area contributed by atoms with E-state index in [2.05, 4.69) is 18.2 Å². The zero-order valence-electron chi connectivity index (χ0n) is 14.6. The summed E-state index contributed by atoms with van der Waals surface area (Å²) in [6, 6.07) is 17.4. The largest absolute Gasteiger partial charge is 0.350 e. The molecule has 1 heterocycles. The molecule has 3 atom stereocenters. The summed E-state index contributed by atoms with van der Waals surface area (Å²) < 4.78 is 24.9. The van der Waals surface area contributed by atoms with Gasteiger partial charge in [-0.3, -0.25) is 0 Å². The van der Waals surface area contributed by atoms with Crippen LogP contribution in [0.1, 0.15) is 29.0 Å². The fourth-order valence-electron chi connectivity index (χ4n) is 4.38. The zero-order chi connectivity index (χ0) is 17.9. The second kappa shape index (κ2) is 7.57. The van der Waals surface area contributed by atoms with Gasteiger partial charge in [-0.2, -0.15) is 5.26 Å². The van der Waals surface area contributed by atoms with Crippen LogP contribution in [-0.4, -0.2) is 19.5 Å². The summed E-state index contributed by atoms with van der Waals surface area (Å²) in [5.74, 6) is -0.178. The molecule has 2 aromatic carbocycles. The van der Waals surface area contributed by atoms with Crippen molar-refractivity contribution < 1.29 is 13.9 Å². The van der Waals surface area contributed by atoms with Gasteiger partial charge in [0.05, 0.1) is 25.2 Å². The maximum atomic E-state index is 13.3. The summed E-state index contributed by atoms with van der Waals surface area (Å²) in [6.45, 7) is 1.18. The van der Waals surface area contributed by atoms with Crippen LogP contribution in [0.4, 0.5) is 4.39 Å². The lowest BCUT2D eigenvalue weighted by Gasteiger charge is -2.37. The number of ether oxygens (including phenoxy) is 2. The van der Waals surface area contributed by atoms with Crippen molar-refractivity contribution >= 4 is 0 Å². The van der Waals surface area contributed by atoms with Crippen molar-refractivity contribution in [2.75, 3.05) is 13.2 Å². The number of nitrogens with zero attached hydrogens (tertiary/aromatic N) is 1. The van der Waals surface area contributed by atoms with Crippen LogP contribution in [0.25, 0.3) is 0 Å². The standard InChI is InChI=1S/C22H22FNO2/c23-17-8-5-15(6-9-17)13-20(22-25-11-12-26-22)19-10-7-16-3-1-2-4-18(16)21(19)14-24/h1-6,8-9,19-22H,7,10-13H2. The summed E-state index contributed by atoms with van der Waals surface area (Å²) in [5, 5.41) is 9.92. The van der Waals surface area contributed by atoms with Gasteiger partial charge in [0.1, 0.15) is 5.82 Å². The third kappa shape index (κ3) is 3.38. The van der Waals surface area contributed by atoms with Gasteiger partial charge < -0.3 is 9.47 Å². The highest BCUT2D eigenvalue weighted by Gasteiger charge is 2.40. The normalized spacial score (nSPS) is 24.0. The van der Waals surface area contributed by atoms with E-state index in [-0.39, 0.29) is 29.9 Å². The first kappa shape index (κ1) is 17.2. The summed E-state index contributed by atoms with van der Waals surface area (Å²) >= 11 is 0. The third-order valence-electron chi connectivity index (χ3n) is 5.64. The Labute approximate surface area is 153 Å². The van der Waals surface area contributed by atoms with Gasteiger partial charge in [-0.1, -0.05) is 36.4 Å². The van der Waals surface area contributed by atoms with Crippen molar-refractivity contribution in [2.45, 2.75) is 31.5 Å². The number of fused-ring (bicyclic) bond motifs is 1. The maximum absolute atomic E-state index is 13.3. The smallest absolute Gasteiger partial charge is 0.161 e. The van der Waals surface area contributed by atoms with Gasteiger partial charge in [0.15, 0.2) is 6.29 Å². The zero-order valence-corrected chi connectivity index (χ0v) is 14.6. The molecule has 0 aromatic heterocycles. The second-order valence-electron chi connectivity index (χ2n) is 7.11. The lowest BCUT2D eigenvalue weighted by Crippen LogP contribution is -2.36. The number of hydrogen-bond acceptors (Lipinski definition) is 3. The minimum Gasteiger partial charge on any atom is -0.350 e. The van der Waals surface area contributed by atoms with Crippen LogP contribution < -0.4 is 0 Å². The molecule has 0 amide bonds. The molecule has 4 rings (SSSR count). The molecule has 3 unspecified atom stereocenters. The van der Waals surface area contributed by atoms with Crippen LogP contribution in [0.2, 0.25) is 0 Å². The molecule has 1 fully saturated rings. The van der Waals surface area contributed by atoms with Crippen molar-refractivity contribution in [3.8, 4) is 6.07 Å². The molecule has 2 aliphatic rings. The number of hydrogen-bond donors (Lipinski definition) is 0. The number of aryl methyl sites for hydroxylation is 1. The second-order valence-corrected chi connectivity index (χ2v) is 7.11. The van der Waals surface area contributed by atoms with Crippen molar-refractivity contribution in [1.29, 1.82) is 5.26 Å². The van der Waals surface area contributed by atoms with Gasteiger partial charge in [-0.05, 0) is 54.0 Å². The molecule has 4 heteroatoms. The molecule has 0 N–H and O–H groups in total. The fraction of sp³-hybridized carbons (Fsp3) is 0.409. The van der Waals surface area contributed by atoms with E-state index < -0.39 is 0 Å². The van der Waals surface area contributed by atoms with Crippen LogP contribution in [0.5, 0.6) is 0 Å². The minimum absolute atomic E-state index is 0.0703. The summed E-state index contributed by atoms with van der Waals surface area (Å²) in [4.78, 5) is 0. The molecule has 2 aromatic rings. The lowest BCUT2D eigenvalue weighted by molar-refractivity contribution is -0.102. The van der Waals surface area contributed by atoms with Gasteiger partial charge in [0.25, 0.3) is 0 Å². The number of rotatable bonds is 4. The fourth-order valence-corrected chi connectivity index (χ4v) is 4.38. The van der Waals surface area contributed by atoms with E-state index in [0.29, 0.717) is 13.2 Å². The van der Waals surface area contributed by atoms with Crippen LogP contribution >= 0.6 is 0 Å². The van der Waals surface area contributed by atoms with Crippen LogP contribution in [-0.2, 0) is 22.3 Å². The Hall–Kier alpha value is -2.22. The van der Waals surface area contributed by atoms with Crippen molar-refractivity contribution in [3.05, 3.63) is 71.0 Å². The van der Waals surface area contributed by atoms with Gasteiger partial charge in [-0.15, -0.1) is 0 Å². The Balaban J connectivity index is 1.65. The van der Waals surface area contributed by atoms with Gasteiger partial charge >= 0.3 is 0 Å². The first-order valence-electron chi connectivity index (χ1n) is 9.21. The molecule has 1 aliphatic heterocycles. The Bertz CT molecular complexity index is 793. The molecular formula is C22H22FNO2. The molecule has 1 aliphatic carbocycles. The average molecular weight is 351 g/mol. The Morgan fingerprint density at radius 3 is 2.54 bits per heavy atom. The highest BCUT2D eigenvalue weighted by atomic mass is 19.1. The van der Waals surface area contributed by atoms with Crippen LogP contribution in [0, 0.1) is 29.0 Å². The van der Waals surface area contributed by atoms with E-state index in [4.69, 9.17) is 9.47 Å². The average Bonchev–Trinajstić information content (AvgIpc) is 3.21. The van der Waals surface area contributed by atoms with Gasteiger partial charge in [-0.25, -0.2) is 4.39 Å². The first-order chi connectivity index (χ1) is 12.8. The SMILES string of the molecule is N#CC1c2ccccc2CCC1C(Cc1ccc(F)cc1)C1OCCO1. The Morgan fingerprint density at radius 1 is 1.08 bits per heavy atom. The topological polar surface area (TPSA) is 42.2 Å². The van der Waals surface area contributed by atoms with Crippen LogP contribution in [0.15, 0.2) is 48.5 Å². The molecular weight excluding hydrogens is 329 g/mol. The Kier molecular flexibility index (Phi) is 5.01. The Morgan fingerprint density at radius 2 is 1.81 bits per heavy atom. The minimum atomic E-state index is -0.300. The summed E-state index contributed by atoms with van der Waals surface area (Å²) in [6.07, 6.45) is 2.32. The van der Waals surface area contributed by atoms with E-state index in [1.165, 1.54) is 17.7 Å². The molecule has 0 saturated carbocycles. The molecule has 1 saturated heterocycles. The molecule has 134 valence electrons. The molecule has 0 radical (unpaired) electrons. The number of benzene rings is 2. The first-order valence-corrected chi connectivity index (χ1v) is 9.21. The quantitative estimate of drug-likeness (QED) is 0.828. The van der Waals surface area contributed by atoms with Gasteiger partial charge in [0, 0.05) is 5.92 Å². The third-order valence-corrected chi connectivity index (χ3v) is 5.64. The predicted octanol–water partition coefficient (Wildman–Crippen LogP) is 4.23. The predicted molar refractivity (Wildman–Crippen MR) is 95.9 cm³/mol. The summed E-state index contributed by atoms with van der Waals surface area (Å²) in [5.41, 5.74) is 3.45. The van der Waals surface area contributed by atoms with Crippen molar-refractivity contribution in [2.24, 2.45) is 11.8 Å². The lowest BCUT2D eigenvalue weighted by atomic mass is 9.68. The van der Waals surface area contributed by atoms with Gasteiger partial charge in [0.2, 0.25) is 0 Å². The highest BCUT2D eigenvalue weighted by molar-refractivity contribution is 5.37. The number of nitriles is 1. The van der Waals surface area contributed by atoms with E-state index in [1.54, 1.807) is 0 Å². The van der Waals surface area contributed by atoms with Crippen molar-refractivity contribution in [1.82, 2.24) is 0 Å². The highest BCUT2D eigenvalue weighted by Crippen LogP contribution is 2.43. The monoisotopic (exact) mass is 351 g/mol. The van der Waals surface area contributed by atoms with E-state index in [9.17, 15) is 9.65 Å². The van der Waals surface area contributed by atoms with E-state index in [0.717, 1.165) is 30.4 Å². The molecule has 26 heavy (non-hydrogen) atoms. The number of halogens is 1. The van der Waals surface area contributed by atoms with Crippen LogP contribution in [0.3, 0.4) is 0 Å². The molecule has 3 nitrogen and oxygen atoms in total. The molecule has 0 bridgehead atoms. The molecule has 0 spiro atoms.